The molecule has 37 heavy (non-hydrogen) atoms. The van der Waals surface area contributed by atoms with Crippen LogP contribution in [-0.4, -0.2) is 50.6 Å². The maximum atomic E-state index is 13.2. The standard InChI is InChI=1S/C28H32N4O4S/c1-4-19-17-32-14-12-20(19)15-26(32)27(23-11-13-29-25-10-7-21(36-3)16-24(23)25)30-28(33)31-37(34,35)22-8-5-18(2)6-9-22/h4-11,13,16,19-20,26-27H,1,12,14-15,17H2,2-3H3,(H2,30,31,33)/t19?,20?,26?,27-/m0/s1. The van der Waals surface area contributed by atoms with Gasteiger partial charge in [-0.3, -0.25) is 9.88 Å². The summed E-state index contributed by atoms with van der Waals surface area (Å²) >= 11 is 0. The third kappa shape index (κ3) is 5.06. The molecule has 194 valence electrons. The first-order chi connectivity index (χ1) is 17.8. The molecule has 4 heterocycles. The molecular weight excluding hydrogens is 488 g/mol. The number of aryl methyl sites for hydroxylation is 1. The fourth-order valence-electron chi connectivity index (χ4n) is 5.72. The van der Waals surface area contributed by atoms with Crippen molar-refractivity contribution in [2.75, 3.05) is 20.2 Å². The van der Waals surface area contributed by atoms with Crippen molar-refractivity contribution < 1.29 is 17.9 Å². The van der Waals surface area contributed by atoms with Gasteiger partial charge in [-0.05, 0) is 80.1 Å². The molecule has 0 radical (unpaired) electrons. The van der Waals surface area contributed by atoms with E-state index in [0.29, 0.717) is 17.6 Å². The highest BCUT2D eigenvalue weighted by atomic mass is 32.2. The van der Waals surface area contributed by atoms with E-state index >= 15 is 0 Å². The fraction of sp³-hybridized carbons (Fsp3) is 0.357. The molecule has 3 fully saturated rings. The number of aromatic nitrogens is 1. The molecule has 0 saturated carbocycles. The van der Waals surface area contributed by atoms with Crippen molar-refractivity contribution in [3.63, 3.8) is 0 Å². The van der Waals surface area contributed by atoms with Gasteiger partial charge in [0.15, 0.2) is 0 Å². The lowest BCUT2D eigenvalue weighted by atomic mass is 9.73. The summed E-state index contributed by atoms with van der Waals surface area (Å²) in [6.45, 7) is 7.68. The Morgan fingerprint density at radius 3 is 2.68 bits per heavy atom. The summed E-state index contributed by atoms with van der Waals surface area (Å²) in [5.74, 6) is 1.57. The minimum Gasteiger partial charge on any atom is -0.497 e. The number of methoxy groups -OCH3 is 1. The number of nitrogens with one attached hydrogen (secondary N) is 2. The van der Waals surface area contributed by atoms with Gasteiger partial charge in [0.25, 0.3) is 10.0 Å². The number of piperidine rings is 3. The average Bonchev–Trinajstić information content (AvgIpc) is 2.91. The van der Waals surface area contributed by atoms with Gasteiger partial charge >= 0.3 is 6.03 Å². The lowest BCUT2D eigenvalue weighted by Crippen LogP contribution is -2.58. The molecule has 2 amide bonds. The fourth-order valence-corrected chi connectivity index (χ4v) is 6.63. The lowest BCUT2D eigenvalue weighted by molar-refractivity contribution is 0.00323. The number of nitrogens with zero attached hydrogens (tertiary/aromatic N) is 2. The van der Waals surface area contributed by atoms with E-state index in [1.807, 2.05) is 37.3 Å². The Balaban J connectivity index is 1.50. The number of rotatable bonds is 7. The monoisotopic (exact) mass is 520 g/mol. The summed E-state index contributed by atoms with van der Waals surface area (Å²) in [6, 6.07) is 12.7. The predicted molar refractivity (Wildman–Crippen MR) is 143 cm³/mol. The summed E-state index contributed by atoms with van der Waals surface area (Å²) in [6.07, 6.45) is 5.71. The van der Waals surface area contributed by atoms with Crippen LogP contribution in [0.3, 0.4) is 0 Å². The molecule has 8 nitrogen and oxygen atoms in total. The van der Waals surface area contributed by atoms with Crippen LogP contribution in [0.5, 0.6) is 5.75 Å². The van der Waals surface area contributed by atoms with E-state index in [2.05, 4.69) is 26.5 Å². The molecular formula is C28H32N4O4S. The van der Waals surface area contributed by atoms with Crippen LogP contribution in [0, 0.1) is 18.8 Å². The molecule has 3 saturated heterocycles. The maximum Gasteiger partial charge on any atom is 0.329 e. The number of amides is 2. The molecule has 2 aromatic carbocycles. The third-order valence-electron chi connectivity index (χ3n) is 7.70. The molecule has 9 heteroatoms. The van der Waals surface area contributed by atoms with Crippen molar-refractivity contribution in [3.05, 3.63) is 78.5 Å². The Kier molecular flexibility index (Phi) is 6.92. The summed E-state index contributed by atoms with van der Waals surface area (Å²) in [7, 11) is -2.42. The molecule has 4 unspecified atom stereocenters. The van der Waals surface area contributed by atoms with Crippen LogP contribution in [0.15, 0.2) is 72.3 Å². The molecule has 1 aromatic heterocycles. The van der Waals surface area contributed by atoms with Gasteiger partial charge in [-0.15, -0.1) is 6.58 Å². The van der Waals surface area contributed by atoms with Gasteiger partial charge in [0.05, 0.1) is 23.6 Å². The number of urea groups is 1. The van der Waals surface area contributed by atoms with Gasteiger partial charge in [-0.2, -0.15) is 0 Å². The number of carbonyl (C=O) groups is 1. The van der Waals surface area contributed by atoms with Crippen molar-refractivity contribution in [1.29, 1.82) is 0 Å². The molecule has 3 aromatic rings. The molecule has 6 rings (SSSR count). The second kappa shape index (κ2) is 10.1. The summed E-state index contributed by atoms with van der Waals surface area (Å²) < 4.78 is 33.5. The zero-order valence-electron chi connectivity index (χ0n) is 21.1. The largest absolute Gasteiger partial charge is 0.497 e. The number of sulfonamides is 1. The number of hydrogen-bond donors (Lipinski definition) is 2. The third-order valence-corrected chi connectivity index (χ3v) is 9.05. The van der Waals surface area contributed by atoms with Crippen molar-refractivity contribution in [1.82, 2.24) is 19.9 Å². The van der Waals surface area contributed by atoms with E-state index in [9.17, 15) is 13.2 Å². The molecule has 2 bridgehead atoms. The van der Waals surface area contributed by atoms with Gasteiger partial charge in [0.2, 0.25) is 0 Å². The Bertz CT molecular complexity index is 1420. The minimum atomic E-state index is -4.03. The molecule has 3 aliphatic heterocycles. The van der Waals surface area contributed by atoms with Gasteiger partial charge in [-0.25, -0.2) is 17.9 Å². The van der Waals surface area contributed by atoms with E-state index in [4.69, 9.17) is 4.74 Å². The van der Waals surface area contributed by atoms with Gasteiger partial charge < -0.3 is 10.1 Å². The summed E-state index contributed by atoms with van der Waals surface area (Å²) in [4.78, 5) is 20.2. The maximum absolute atomic E-state index is 13.2. The minimum absolute atomic E-state index is 0.000389. The number of benzene rings is 2. The SMILES string of the molecule is C=CC1CN2CCC1CC2[C@@H](NC(=O)NS(=O)(=O)c1ccc(C)cc1)c1ccnc2ccc(OC)cc12. The van der Waals surface area contributed by atoms with Crippen LogP contribution in [0.4, 0.5) is 4.79 Å². The van der Waals surface area contributed by atoms with E-state index in [1.165, 1.54) is 12.1 Å². The molecule has 2 N–H and O–H groups in total. The number of pyridine rings is 1. The first-order valence-corrected chi connectivity index (χ1v) is 14.0. The quantitative estimate of drug-likeness (QED) is 0.454. The summed E-state index contributed by atoms with van der Waals surface area (Å²) in [5, 5.41) is 3.88. The van der Waals surface area contributed by atoms with Crippen molar-refractivity contribution in [3.8, 4) is 5.75 Å². The molecule has 5 atom stereocenters. The highest BCUT2D eigenvalue weighted by Gasteiger charge is 2.43. The first-order valence-electron chi connectivity index (χ1n) is 12.5. The van der Waals surface area contributed by atoms with Crippen molar-refractivity contribution in [2.24, 2.45) is 11.8 Å². The van der Waals surface area contributed by atoms with Crippen LogP contribution in [0.2, 0.25) is 0 Å². The highest BCUT2D eigenvalue weighted by Crippen LogP contribution is 2.42. The van der Waals surface area contributed by atoms with Crippen molar-refractivity contribution >= 4 is 27.0 Å². The Morgan fingerprint density at radius 2 is 2.00 bits per heavy atom. The normalized spacial score (nSPS) is 23.8. The number of fused-ring (bicyclic) bond motifs is 4. The van der Waals surface area contributed by atoms with Gasteiger partial charge in [0.1, 0.15) is 5.75 Å². The Hall–Kier alpha value is -3.43. The van der Waals surface area contributed by atoms with Crippen molar-refractivity contribution in [2.45, 2.75) is 36.7 Å². The first kappa shape index (κ1) is 25.2. The Labute approximate surface area is 217 Å². The molecule has 0 spiro atoms. The molecule has 0 aliphatic carbocycles. The lowest BCUT2D eigenvalue weighted by Gasteiger charge is -2.51. The zero-order chi connectivity index (χ0) is 26.2. The predicted octanol–water partition coefficient (Wildman–Crippen LogP) is 4.18. The van der Waals surface area contributed by atoms with Crippen LogP contribution >= 0.6 is 0 Å². The van der Waals surface area contributed by atoms with Crippen LogP contribution in [0.25, 0.3) is 10.9 Å². The number of hydrogen-bond acceptors (Lipinski definition) is 6. The van der Waals surface area contributed by atoms with Gasteiger partial charge in [-0.1, -0.05) is 23.8 Å². The van der Waals surface area contributed by atoms with Crippen LogP contribution in [0.1, 0.15) is 30.0 Å². The number of carbonyl (C=O) groups excluding carboxylic acids is 1. The topological polar surface area (TPSA) is 101 Å². The van der Waals surface area contributed by atoms with E-state index in [0.717, 1.165) is 48.0 Å². The van der Waals surface area contributed by atoms with E-state index < -0.39 is 22.1 Å². The van der Waals surface area contributed by atoms with E-state index in [-0.39, 0.29) is 10.9 Å². The second-order valence-electron chi connectivity index (χ2n) is 9.90. The van der Waals surface area contributed by atoms with Crippen LogP contribution in [-0.2, 0) is 10.0 Å². The van der Waals surface area contributed by atoms with E-state index in [1.54, 1.807) is 25.4 Å². The Morgan fingerprint density at radius 1 is 1.22 bits per heavy atom. The smallest absolute Gasteiger partial charge is 0.329 e. The summed E-state index contributed by atoms with van der Waals surface area (Å²) in [5.41, 5.74) is 2.58. The molecule has 3 aliphatic rings. The average molecular weight is 521 g/mol. The highest BCUT2D eigenvalue weighted by molar-refractivity contribution is 7.90. The number of ether oxygens (including phenoxy) is 1. The second-order valence-corrected chi connectivity index (χ2v) is 11.6. The zero-order valence-corrected chi connectivity index (χ0v) is 21.9. The van der Waals surface area contributed by atoms with Crippen LogP contribution < -0.4 is 14.8 Å². The van der Waals surface area contributed by atoms with Gasteiger partial charge in [0, 0.05) is 24.2 Å².